The zero-order chi connectivity index (χ0) is 23.2. The van der Waals surface area contributed by atoms with Crippen molar-refractivity contribution in [1.82, 2.24) is 25.2 Å². The van der Waals surface area contributed by atoms with E-state index in [9.17, 15) is 14.0 Å². The van der Waals surface area contributed by atoms with Crippen molar-refractivity contribution in [3.05, 3.63) is 66.5 Å². The lowest BCUT2D eigenvalue weighted by Crippen LogP contribution is -2.43. The van der Waals surface area contributed by atoms with E-state index in [-0.39, 0.29) is 30.1 Å². The summed E-state index contributed by atoms with van der Waals surface area (Å²) in [6.07, 6.45) is 4.86. The molecule has 3 heterocycles. The van der Waals surface area contributed by atoms with Gasteiger partial charge in [-0.3, -0.25) is 14.6 Å². The number of halogens is 1. The maximum Gasteiger partial charge on any atom is 0.241 e. The zero-order valence-corrected chi connectivity index (χ0v) is 18.3. The maximum atomic E-state index is 13.6. The number of hydrogen-bond acceptors (Lipinski definition) is 6. The van der Waals surface area contributed by atoms with Crippen molar-refractivity contribution < 1.29 is 14.0 Å². The maximum absolute atomic E-state index is 13.6. The van der Waals surface area contributed by atoms with Crippen LogP contribution in [0.1, 0.15) is 31.5 Å². The first-order chi connectivity index (χ1) is 16.0. The Bertz CT molecular complexity index is 1130. The molecule has 0 aliphatic carbocycles. The number of nitrogens with one attached hydrogen (secondary N) is 2. The third-order valence-corrected chi connectivity index (χ3v) is 5.50. The van der Waals surface area contributed by atoms with Gasteiger partial charge in [0.25, 0.3) is 0 Å². The van der Waals surface area contributed by atoms with Gasteiger partial charge in [-0.05, 0) is 43.2 Å². The molecule has 1 saturated heterocycles. The van der Waals surface area contributed by atoms with Crippen molar-refractivity contribution in [1.29, 1.82) is 0 Å². The van der Waals surface area contributed by atoms with Gasteiger partial charge in [-0.2, -0.15) is 0 Å². The molecular weight excluding hydrogens is 423 g/mol. The average Bonchev–Trinajstić information content (AvgIpc) is 2.83. The van der Waals surface area contributed by atoms with Gasteiger partial charge >= 0.3 is 0 Å². The second-order valence-corrected chi connectivity index (χ2v) is 7.94. The Morgan fingerprint density at radius 2 is 1.94 bits per heavy atom. The minimum absolute atomic E-state index is 0.00863. The third kappa shape index (κ3) is 5.88. The largest absolute Gasteiger partial charge is 0.347 e. The van der Waals surface area contributed by atoms with Crippen molar-refractivity contribution in [3.8, 4) is 11.3 Å². The summed E-state index contributed by atoms with van der Waals surface area (Å²) in [4.78, 5) is 38.8. The van der Waals surface area contributed by atoms with Gasteiger partial charge in [0.1, 0.15) is 17.5 Å². The van der Waals surface area contributed by atoms with Crippen molar-refractivity contribution in [2.24, 2.45) is 0 Å². The number of nitrogens with zero attached hydrogens (tertiary/aromatic N) is 4. The number of piperidine rings is 1. The highest BCUT2D eigenvalue weighted by atomic mass is 19.1. The Morgan fingerprint density at radius 1 is 1.12 bits per heavy atom. The van der Waals surface area contributed by atoms with Crippen molar-refractivity contribution in [2.75, 3.05) is 25.0 Å². The van der Waals surface area contributed by atoms with Crippen LogP contribution in [0.2, 0.25) is 0 Å². The molecule has 4 rings (SSSR count). The van der Waals surface area contributed by atoms with Crippen LogP contribution in [0.4, 0.5) is 15.9 Å². The SMILES string of the molecule is CC(=O)NCC(=O)N1CCC(c2nc(Nc3cccc(F)c3)cc(-c3cccnc3)n2)CC1. The Balaban J connectivity index is 1.55. The molecule has 1 fully saturated rings. The molecule has 0 saturated carbocycles. The standard InChI is InChI=1S/C24H25FN6O2/c1-16(32)27-15-23(33)31-10-7-17(8-11-31)24-29-21(18-4-3-9-26-14-18)13-22(30-24)28-20-6-2-5-19(25)12-20/h2-6,9,12-14,17H,7-8,10-11,15H2,1H3,(H,27,32)(H,28,29,30). The number of benzene rings is 1. The molecule has 8 nitrogen and oxygen atoms in total. The van der Waals surface area contributed by atoms with E-state index in [0.717, 1.165) is 11.3 Å². The Morgan fingerprint density at radius 3 is 2.64 bits per heavy atom. The van der Waals surface area contributed by atoms with E-state index in [2.05, 4.69) is 15.6 Å². The lowest BCUT2D eigenvalue weighted by molar-refractivity contribution is -0.133. The number of amides is 2. The second-order valence-electron chi connectivity index (χ2n) is 7.94. The summed E-state index contributed by atoms with van der Waals surface area (Å²) < 4.78 is 13.6. The molecule has 2 aromatic heterocycles. The molecule has 33 heavy (non-hydrogen) atoms. The summed E-state index contributed by atoms with van der Waals surface area (Å²) >= 11 is 0. The quantitative estimate of drug-likeness (QED) is 0.600. The van der Waals surface area contributed by atoms with E-state index >= 15 is 0 Å². The molecule has 0 spiro atoms. The molecular formula is C24H25FN6O2. The van der Waals surface area contributed by atoms with Gasteiger partial charge in [0.2, 0.25) is 11.8 Å². The number of pyridine rings is 1. The van der Waals surface area contributed by atoms with Crippen LogP contribution in [-0.4, -0.2) is 51.3 Å². The van der Waals surface area contributed by atoms with Crippen molar-refractivity contribution >= 4 is 23.3 Å². The number of likely N-dealkylation sites (tertiary alicyclic amines) is 1. The number of aromatic nitrogens is 3. The smallest absolute Gasteiger partial charge is 0.241 e. The predicted molar refractivity (Wildman–Crippen MR) is 122 cm³/mol. The van der Waals surface area contributed by atoms with Gasteiger partial charge < -0.3 is 15.5 Å². The molecule has 0 radical (unpaired) electrons. The van der Waals surface area contributed by atoms with Gasteiger partial charge in [0.05, 0.1) is 12.2 Å². The molecule has 9 heteroatoms. The summed E-state index contributed by atoms with van der Waals surface area (Å²) in [5.74, 6) is 0.648. The van der Waals surface area contributed by atoms with E-state index in [0.29, 0.717) is 43.3 Å². The summed E-state index contributed by atoms with van der Waals surface area (Å²) in [5, 5.41) is 5.72. The van der Waals surface area contributed by atoms with Crippen molar-refractivity contribution in [2.45, 2.75) is 25.7 Å². The van der Waals surface area contributed by atoms with Crippen LogP contribution in [0.5, 0.6) is 0 Å². The highest BCUT2D eigenvalue weighted by molar-refractivity contribution is 5.83. The van der Waals surface area contributed by atoms with Gasteiger partial charge in [-0.15, -0.1) is 0 Å². The lowest BCUT2D eigenvalue weighted by atomic mass is 9.95. The first-order valence-electron chi connectivity index (χ1n) is 10.8. The van der Waals surface area contributed by atoms with Gasteiger partial charge in [0, 0.05) is 55.6 Å². The monoisotopic (exact) mass is 448 g/mol. The first kappa shape index (κ1) is 22.3. The van der Waals surface area contributed by atoms with Crippen LogP contribution in [0.15, 0.2) is 54.9 Å². The Hall–Kier alpha value is -3.88. The molecule has 2 amide bonds. The fraction of sp³-hybridized carbons (Fsp3) is 0.292. The zero-order valence-electron chi connectivity index (χ0n) is 18.3. The van der Waals surface area contributed by atoms with Crippen molar-refractivity contribution in [3.63, 3.8) is 0 Å². The van der Waals surface area contributed by atoms with Crippen LogP contribution < -0.4 is 10.6 Å². The molecule has 1 aliphatic rings. The number of carbonyl (C=O) groups excluding carboxylic acids is 2. The molecule has 3 aromatic rings. The Labute approximate surface area is 191 Å². The first-order valence-corrected chi connectivity index (χ1v) is 10.8. The Kier molecular flexibility index (Phi) is 6.87. The van der Waals surface area contributed by atoms with Crippen LogP contribution in [0, 0.1) is 5.82 Å². The van der Waals surface area contributed by atoms with E-state index in [1.54, 1.807) is 29.4 Å². The molecule has 0 unspecified atom stereocenters. The normalized spacial score (nSPS) is 14.1. The lowest BCUT2D eigenvalue weighted by Gasteiger charge is -2.31. The number of rotatable bonds is 6. The van der Waals surface area contributed by atoms with E-state index in [4.69, 9.17) is 9.97 Å². The van der Waals surface area contributed by atoms with Gasteiger partial charge in [-0.1, -0.05) is 6.07 Å². The number of anilines is 2. The van der Waals surface area contributed by atoms with Gasteiger partial charge in [0.15, 0.2) is 0 Å². The van der Waals surface area contributed by atoms with Crippen LogP contribution >= 0.6 is 0 Å². The number of carbonyl (C=O) groups is 2. The summed E-state index contributed by atoms with van der Waals surface area (Å²) in [5.41, 5.74) is 2.16. The van der Waals surface area contributed by atoms with Gasteiger partial charge in [-0.25, -0.2) is 14.4 Å². The fourth-order valence-electron chi connectivity index (χ4n) is 3.79. The molecule has 0 atom stereocenters. The van der Waals surface area contributed by atoms with E-state index in [1.165, 1.54) is 19.1 Å². The van der Waals surface area contributed by atoms with Crippen LogP contribution in [0.25, 0.3) is 11.3 Å². The average molecular weight is 449 g/mol. The second kappa shape index (κ2) is 10.2. The number of hydrogen-bond donors (Lipinski definition) is 2. The highest BCUT2D eigenvalue weighted by Crippen LogP contribution is 2.30. The molecule has 1 aromatic carbocycles. The molecule has 2 N–H and O–H groups in total. The molecule has 170 valence electrons. The van der Waals surface area contributed by atoms with Crippen LogP contribution in [-0.2, 0) is 9.59 Å². The summed E-state index contributed by atoms with van der Waals surface area (Å²) in [6, 6.07) is 11.8. The van der Waals surface area contributed by atoms with Crippen LogP contribution in [0.3, 0.4) is 0 Å². The molecule has 0 bridgehead atoms. The minimum atomic E-state index is -0.335. The van der Waals surface area contributed by atoms with E-state index < -0.39 is 0 Å². The van der Waals surface area contributed by atoms with E-state index in [1.807, 2.05) is 18.2 Å². The highest BCUT2D eigenvalue weighted by Gasteiger charge is 2.26. The molecule has 1 aliphatic heterocycles. The topological polar surface area (TPSA) is 100 Å². The minimum Gasteiger partial charge on any atom is -0.347 e. The fourth-order valence-corrected chi connectivity index (χ4v) is 3.79. The summed E-state index contributed by atoms with van der Waals surface area (Å²) in [7, 11) is 0. The summed E-state index contributed by atoms with van der Waals surface area (Å²) in [6.45, 7) is 2.53. The third-order valence-electron chi connectivity index (χ3n) is 5.50. The predicted octanol–water partition coefficient (Wildman–Crippen LogP) is 3.26.